The second-order valence-electron chi connectivity index (χ2n) is 6.66. The summed E-state index contributed by atoms with van der Waals surface area (Å²) < 4.78 is 18.7. The number of amides is 1. The van der Waals surface area contributed by atoms with Gasteiger partial charge in [0.25, 0.3) is 0 Å². The van der Waals surface area contributed by atoms with Crippen molar-refractivity contribution in [3.8, 4) is 0 Å². The van der Waals surface area contributed by atoms with Gasteiger partial charge in [0.15, 0.2) is 0 Å². The molecule has 2 aromatic carbocycles. The highest BCUT2D eigenvalue weighted by Gasteiger charge is 2.17. The zero-order valence-electron chi connectivity index (χ0n) is 16.8. The van der Waals surface area contributed by atoms with Crippen LogP contribution in [0.2, 0.25) is 5.02 Å². The number of methoxy groups -OCH3 is 1. The molecule has 1 atom stereocenters. The number of carboxylic acid groups (broad SMARTS) is 1. The third-order valence-electron chi connectivity index (χ3n) is 4.47. The average Bonchev–Trinajstić information content (AvgIpc) is 2.76. The van der Waals surface area contributed by atoms with Gasteiger partial charge in [0.05, 0.1) is 17.7 Å². The molecule has 9 heteroatoms. The van der Waals surface area contributed by atoms with Gasteiger partial charge in [-0.2, -0.15) is 0 Å². The van der Waals surface area contributed by atoms with Gasteiger partial charge in [0, 0.05) is 24.7 Å². The zero-order valence-corrected chi connectivity index (χ0v) is 17.5. The minimum atomic E-state index is -1.17. The van der Waals surface area contributed by atoms with Gasteiger partial charge in [-0.25, -0.2) is 9.18 Å². The van der Waals surface area contributed by atoms with Crippen LogP contribution in [0.25, 0.3) is 6.08 Å². The number of ether oxygens (including phenoxy) is 1. The molecule has 2 aromatic rings. The van der Waals surface area contributed by atoms with E-state index in [-0.39, 0.29) is 30.1 Å². The molecule has 0 aromatic heterocycles. The van der Waals surface area contributed by atoms with Crippen LogP contribution in [0, 0.1) is 5.82 Å². The van der Waals surface area contributed by atoms with E-state index in [4.69, 9.17) is 22.4 Å². The second-order valence-corrected chi connectivity index (χ2v) is 7.07. The first-order valence-electron chi connectivity index (χ1n) is 9.29. The number of rotatable bonds is 9. The van der Waals surface area contributed by atoms with E-state index in [1.807, 2.05) is 0 Å². The Balaban J connectivity index is 2.19. The minimum Gasteiger partial charge on any atom is -0.480 e. The van der Waals surface area contributed by atoms with Crippen molar-refractivity contribution in [3.63, 3.8) is 0 Å². The van der Waals surface area contributed by atoms with Crippen molar-refractivity contribution in [2.75, 3.05) is 13.7 Å². The molecule has 0 saturated carbocycles. The summed E-state index contributed by atoms with van der Waals surface area (Å²) in [6, 6.07) is 9.73. The van der Waals surface area contributed by atoms with Crippen LogP contribution in [-0.4, -0.2) is 47.5 Å². The fraction of sp³-hybridized carbons (Fsp3) is 0.227. The van der Waals surface area contributed by atoms with Gasteiger partial charge in [-0.3, -0.25) is 9.59 Å². The summed E-state index contributed by atoms with van der Waals surface area (Å²) in [4.78, 5) is 36.7. The molecule has 3 N–H and O–H groups in total. The van der Waals surface area contributed by atoms with Gasteiger partial charge in [-0.15, -0.1) is 0 Å². The summed E-state index contributed by atoms with van der Waals surface area (Å²) in [6.07, 6.45) is 2.51. The number of hydrogen-bond acceptors (Lipinski definition) is 5. The SMILES string of the molecule is COC(=O)c1ccc(CN(CC[C@@H](N)C(=O)O)C(=O)/C=C/c2cccc(Cl)c2F)cc1. The number of carboxylic acids is 1. The van der Waals surface area contributed by atoms with E-state index in [2.05, 4.69) is 4.74 Å². The Labute approximate surface area is 183 Å². The van der Waals surface area contributed by atoms with E-state index in [9.17, 15) is 18.8 Å². The molecule has 0 heterocycles. The van der Waals surface area contributed by atoms with Crippen molar-refractivity contribution in [3.05, 3.63) is 76.1 Å². The number of halogens is 2. The molecular formula is C22H22ClFN2O5. The fourth-order valence-electron chi connectivity index (χ4n) is 2.69. The summed E-state index contributed by atoms with van der Waals surface area (Å²) in [5.74, 6) is -2.77. The summed E-state index contributed by atoms with van der Waals surface area (Å²) >= 11 is 5.75. The molecule has 0 aliphatic rings. The quantitative estimate of drug-likeness (QED) is 0.450. The fourth-order valence-corrected chi connectivity index (χ4v) is 2.87. The zero-order chi connectivity index (χ0) is 23.0. The van der Waals surface area contributed by atoms with Crippen LogP contribution < -0.4 is 5.73 Å². The molecule has 7 nitrogen and oxygen atoms in total. The van der Waals surface area contributed by atoms with Crippen LogP contribution in [-0.2, 0) is 20.9 Å². The van der Waals surface area contributed by atoms with E-state index >= 15 is 0 Å². The lowest BCUT2D eigenvalue weighted by atomic mass is 10.1. The number of esters is 1. The number of carbonyl (C=O) groups is 3. The Morgan fingerprint density at radius 2 is 1.90 bits per heavy atom. The minimum absolute atomic E-state index is 0.0285. The molecule has 0 spiro atoms. The molecule has 0 bridgehead atoms. The van der Waals surface area contributed by atoms with Gasteiger partial charge in [0.1, 0.15) is 11.9 Å². The molecule has 2 rings (SSSR count). The molecular weight excluding hydrogens is 427 g/mol. The third-order valence-corrected chi connectivity index (χ3v) is 4.77. The molecule has 31 heavy (non-hydrogen) atoms. The standard InChI is InChI=1S/C22H22ClFN2O5/c1-31-22(30)16-7-5-14(6-8-16)13-26(12-11-18(25)21(28)29)19(27)10-9-15-3-2-4-17(23)20(15)24/h2-10,18H,11-13,25H2,1H3,(H,28,29)/b10-9+/t18-/m1/s1. The maximum Gasteiger partial charge on any atom is 0.337 e. The van der Waals surface area contributed by atoms with E-state index in [0.29, 0.717) is 11.1 Å². The highest BCUT2D eigenvalue weighted by Crippen LogP contribution is 2.19. The van der Waals surface area contributed by atoms with Gasteiger partial charge in [0.2, 0.25) is 5.91 Å². The monoisotopic (exact) mass is 448 g/mol. The van der Waals surface area contributed by atoms with Crippen LogP contribution in [0.15, 0.2) is 48.5 Å². The second kappa shape index (κ2) is 11.2. The van der Waals surface area contributed by atoms with Gasteiger partial charge >= 0.3 is 11.9 Å². The third kappa shape index (κ3) is 6.91. The van der Waals surface area contributed by atoms with Crippen LogP contribution in [0.1, 0.15) is 27.9 Å². The summed E-state index contributed by atoms with van der Waals surface area (Å²) in [7, 11) is 1.28. The van der Waals surface area contributed by atoms with Crippen LogP contribution >= 0.6 is 11.6 Å². The molecule has 0 unspecified atom stereocenters. The maximum absolute atomic E-state index is 14.0. The number of nitrogens with zero attached hydrogens (tertiary/aromatic N) is 1. The van der Waals surface area contributed by atoms with Crippen molar-refractivity contribution in [1.29, 1.82) is 0 Å². The lowest BCUT2D eigenvalue weighted by Crippen LogP contribution is -2.37. The van der Waals surface area contributed by atoms with Crippen molar-refractivity contribution in [2.24, 2.45) is 5.73 Å². The smallest absolute Gasteiger partial charge is 0.337 e. The van der Waals surface area contributed by atoms with Crippen LogP contribution in [0.4, 0.5) is 4.39 Å². The summed E-state index contributed by atoms with van der Waals surface area (Å²) in [5, 5.41) is 8.93. The molecule has 0 radical (unpaired) electrons. The normalized spacial score (nSPS) is 11.9. The highest BCUT2D eigenvalue weighted by molar-refractivity contribution is 6.30. The Bertz CT molecular complexity index is 978. The van der Waals surface area contributed by atoms with Crippen molar-refractivity contribution in [2.45, 2.75) is 19.0 Å². The van der Waals surface area contributed by atoms with E-state index < -0.39 is 29.7 Å². The largest absolute Gasteiger partial charge is 0.480 e. The molecule has 0 saturated heterocycles. The average molecular weight is 449 g/mol. The number of nitrogens with two attached hydrogens (primary N) is 1. The maximum atomic E-state index is 14.0. The Hall–Kier alpha value is -3.23. The Morgan fingerprint density at radius 3 is 2.52 bits per heavy atom. The molecule has 1 amide bonds. The number of aliphatic carboxylic acids is 1. The summed E-state index contributed by atoms with van der Waals surface area (Å²) in [6.45, 7) is 0.197. The first kappa shape index (κ1) is 24.0. The highest BCUT2D eigenvalue weighted by atomic mass is 35.5. The first-order valence-corrected chi connectivity index (χ1v) is 9.67. The summed E-state index contributed by atoms with van der Waals surface area (Å²) in [5.41, 5.74) is 6.76. The predicted octanol–water partition coefficient (Wildman–Crippen LogP) is 3.11. The van der Waals surface area contributed by atoms with Gasteiger partial charge in [-0.1, -0.05) is 35.9 Å². The van der Waals surface area contributed by atoms with Crippen molar-refractivity contribution < 1.29 is 28.6 Å². The van der Waals surface area contributed by atoms with E-state index in [1.165, 1.54) is 36.3 Å². The Morgan fingerprint density at radius 1 is 1.23 bits per heavy atom. The van der Waals surface area contributed by atoms with Crippen molar-refractivity contribution in [1.82, 2.24) is 4.90 Å². The molecule has 0 aliphatic carbocycles. The van der Waals surface area contributed by atoms with Gasteiger partial charge < -0.3 is 20.5 Å². The molecule has 0 aliphatic heterocycles. The van der Waals surface area contributed by atoms with Crippen molar-refractivity contribution >= 4 is 35.5 Å². The molecule has 164 valence electrons. The number of carbonyl (C=O) groups excluding carboxylic acids is 2. The van der Waals surface area contributed by atoms with Crippen LogP contribution in [0.3, 0.4) is 0 Å². The predicted molar refractivity (Wildman–Crippen MR) is 114 cm³/mol. The number of hydrogen-bond donors (Lipinski definition) is 2. The lowest BCUT2D eigenvalue weighted by molar-refractivity contribution is -0.139. The molecule has 0 fully saturated rings. The van der Waals surface area contributed by atoms with E-state index in [1.54, 1.807) is 30.3 Å². The topological polar surface area (TPSA) is 110 Å². The van der Waals surface area contributed by atoms with Gasteiger partial charge in [-0.05, 0) is 36.3 Å². The first-order chi connectivity index (χ1) is 14.7. The Kier molecular flexibility index (Phi) is 8.72. The van der Waals surface area contributed by atoms with E-state index in [0.717, 1.165) is 0 Å². The number of benzene rings is 2. The lowest BCUT2D eigenvalue weighted by Gasteiger charge is -2.22. The van der Waals surface area contributed by atoms with Crippen LogP contribution in [0.5, 0.6) is 0 Å².